The molecule has 5 nitrogen and oxygen atoms in total. The molecule has 0 aliphatic heterocycles. The molecule has 8 heteroatoms. The molecule has 164 valence electrons. The molecule has 0 saturated heterocycles. The van der Waals surface area contributed by atoms with Crippen LogP contribution < -0.4 is 0 Å². The largest absolute Gasteiger partial charge is 0.476 e. The Kier molecular flexibility index (Phi) is 7.81. The summed E-state index contributed by atoms with van der Waals surface area (Å²) in [6.07, 6.45) is 0.548. The molecule has 0 fully saturated rings. The van der Waals surface area contributed by atoms with E-state index in [4.69, 9.17) is 27.9 Å². The maximum atomic E-state index is 12.2. The molecule has 3 aromatic rings. The van der Waals surface area contributed by atoms with Crippen molar-refractivity contribution in [2.45, 2.75) is 32.2 Å². The normalized spacial score (nSPS) is 13.2. The number of aromatic nitrogens is 2. The lowest BCUT2D eigenvalue weighted by Crippen LogP contribution is -2.20. The van der Waals surface area contributed by atoms with E-state index in [1.807, 2.05) is 60.9 Å². The Labute approximate surface area is 200 Å². The Balaban J connectivity index is 2.25. The number of imidazole rings is 1. The minimum atomic E-state index is -1.08. The Hall–Kier alpha value is -1.86. The van der Waals surface area contributed by atoms with E-state index >= 15 is 0 Å². The van der Waals surface area contributed by atoms with Gasteiger partial charge >= 0.3 is 5.97 Å². The third-order valence-electron chi connectivity index (χ3n) is 5.29. The zero-order valence-electron chi connectivity index (χ0n) is 17.4. The maximum absolute atomic E-state index is 12.2. The number of hydrogen-bond donors (Lipinski definition) is 1. The summed E-state index contributed by atoms with van der Waals surface area (Å²) in [4.78, 5) is 16.5. The smallest absolute Gasteiger partial charge is 0.356 e. The van der Waals surface area contributed by atoms with E-state index < -0.39 is 5.97 Å². The number of methoxy groups -OCH3 is 1. The van der Waals surface area contributed by atoms with Crippen molar-refractivity contribution in [1.29, 1.82) is 0 Å². The zero-order valence-corrected chi connectivity index (χ0v) is 20.5. The number of rotatable bonds is 8. The average molecular weight is 526 g/mol. The van der Waals surface area contributed by atoms with Gasteiger partial charge in [-0.3, -0.25) is 0 Å². The number of carbonyl (C=O) groups is 1. The summed E-state index contributed by atoms with van der Waals surface area (Å²) in [5.74, 6) is -1.38. The Bertz CT molecular complexity index is 1080. The van der Waals surface area contributed by atoms with E-state index in [9.17, 15) is 9.90 Å². The van der Waals surface area contributed by atoms with Crippen molar-refractivity contribution < 1.29 is 14.6 Å². The highest BCUT2D eigenvalue weighted by Crippen LogP contribution is 2.36. The van der Waals surface area contributed by atoms with Gasteiger partial charge in [-0.1, -0.05) is 41.4 Å². The molecule has 0 aliphatic carbocycles. The van der Waals surface area contributed by atoms with E-state index in [1.54, 1.807) is 7.11 Å². The van der Waals surface area contributed by atoms with Crippen LogP contribution in [0.3, 0.4) is 0 Å². The number of aryl methyl sites for hydroxylation is 1. The lowest BCUT2D eigenvalue weighted by Gasteiger charge is -2.25. The number of nitrogens with zero attached hydrogens (tertiary/aromatic N) is 2. The molecule has 0 saturated carbocycles. The number of carboxylic acid groups (broad SMARTS) is 1. The molecule has 3 rings (SSSR count). The fourth-order valence-electron chi connectivity index (χ4n) is 3.79. The standard InChI is InChI=1S/C23H23BrCl2N2O3/c1-13-4-7-18(26)10-16(13)11-19(15-5-8-17(25)9-6-15)21-20(22(29)30)27-23(24)28(21)14(2)12-31-3/h4-10,14,19H,11-12H2,1-3H3,(H,29,30)/t14-,19?/m0/s1. The van der Waals surface area contributed by atoms with Crippen LogP contribution in [0.1, 0.15) is 51.8 Å². The molecule has 1 aromatic heterocycles. The van der Waals surface area contributed by atoms with E-state index in [1.165, 1.54) is 0 Å². The topological polar surface area (TPSA) is 64.4 Å². The lowest BCUT2D eigenvalue weighted by molar-refractivity contribution is 0.0688. The van der Waals surface area contributed by atoms with Gasteiger partial charge in [0.1, 0.15) is 0 Å². The minimum absolute atomic E-state index is 0.00876. The molecule has 31 heavy (non-hydrogen) atoms. The van der Waals surface area contributed by atoms with Gasteiger partial charge in [0.25, 0.3) is 0 Å². The molecule has 1 heterocycles. The SMILES string of the molecule is COC[C@H](C)n1c(Br)nc(C(=O)O)c1C(Cc1cc(Cl)ccc1C)c1ccc(Cl)cc1. The van der Waals surface area contributed by atoms with Crippen molar-refractivity contribution in [3.05, 3.63) is 85.3 Å². The predicted molar refractivity (Wildman–Crippen MR) is 127 cm³/mol. The van der Waals surface area contributed by atoms with Crippen molar-refractivity contribution in [2.75, 3.05) is 13.7 Å². The first-order chi connectivity index (χ1) is 14.7. The first-order valence-electron chi connectivity index (χ1n) is 9.73. The van der Waals surface area contributed by atoms with Gasteiger partial charge in [-0.25, -0.2) is 9.78 Å². The fourth-order valence-corrected chi connectivity index (χ4v) is 4.83. The van der Waals surface area contributed by atoms with Crippen LogP contribution in [0, 0.1) is 6.92 Å². The van der Waals surface area contributed by atoms with Crippen molar-refractivity contribution in [3.8, 4) is 0 Å². The van der Waals surface area contributed by atoms with Crippen molar-refractivity contribution in [3.63, 3.8) is 0 Å². The molecule has 0 spiro atoms. The quantitative estimate of drug-likeness (QED) is 0.362. The monoisotopic (exact) mass is 524 g/mol. The van der Waals surface area contributed by atoms with Gasteiger partial charge in [0.05, 0.1) is 18.3 Å². The molecule has 1 N–H and O–H groups in total. The molecular formula is C23H23BrCl2N2O3. The van der Waals surface area contributed by atoms with Gasteiger partial charge in [-0.15, -0.1) is 0 Å². The van der Waals surface area contributed by atoms with Crippen molar-refractivity contribution >= 4 is 45.1 Å². The summed E-state index contributed by atoms with van der Waals surface area (Å²) < 4.78 is 7.69. The molecular weight excluding hydrogens is 503 g/mol. The summed E-state index contributed by atoms with van der Waals surface area (Å²) in [6.45, 7) is 4.39. The van der Waals surface area contributed by atoms with E-state index in [0.29, 0.717) is 33.5 Å². The summed E-state index contributed by atoms with van der Waals surface area (Å²) in [7, 11) is 1.62. The summed E-state index contributed by atoms with van der Waals surface area (Å²) >= 11 is 15.9. The second-order valence-corrected chi connectivity index (χ2v) is 9.06. The molecule has 0 aliphatic rings. The van der Waals surface area contributed by atoms with Gasteiger partial charge in [0, 0.05) is 23.1 Å². The second-order valence-electron chi connectivity index (χ2n) is 7.47. The molecule has 1 unspecified atom stereocenters. The van der Waals surface area contributed by atoms with Gasteiger partial charge < -0.3 is 14.4 Å². The van der Waals surface area contributed by atoms with Gasteiger partial charge in [-0.05, 0) is 77.2 Å². The van der Waals surface area contributed by atoms with Crippen LogP contribution in [0.5, 0.6) is 0 Å². The van der Waals surface area contributed by atoms with Crippen LogP contribution in [-0.4, -0.2) is 34.3 Å². The highest BCUT2D eigenvalue weighted by molar-refractivity contribution is 9.10. The summed E-state index contributed by atoms with van der Waals surface area (Å²) in [6, 6.07) is 13.1. The molecule has 0 bridgehead atoms. The first-order valence-corrected chi connectivity index (χ1v) is 11.3. The number of benzene rings is 2. The third-order valence-corrected chi connectivity index (χ3v) is 6.34. The van der Waals surface area contributed by atoms with E-state index in [0.717, 1.165) is 16.7 Å². The molecule has 2 aromatic carbocycles. The van der Waals surface area contributed by atoms with E-state index in [-0.39, 0.29) is 17.7 Å². The van der Waals surface area contributed by atoms with Crippen LogP contribution in [0.4, 0.5) is 0 Å². The molecule has 0 amide bonds. The van der Waals surface area contributed by atoms with Crippen LogP contribution in [0.25, 0.3) is 0 Å². The summed E-state index contributed by atoms with van der Waals surface area (Å²) in [5.41, 5.74) is 3.66. The minimum Gasteiger partial charge on any atom is -0.476 e. The number of hydrogen-bond acceptors (Lipinski definition) is 3. The number of carboxylic acids is 1. The highest BCUT2D eigenvalue weighted by atomic mass is 79.9. The van der Waals surface area contributed by atoms with Crippen molar-refractivity contribution in [2.24, 2.45) is 0 Å². The highest BCUT2D eigenvalue weighted by Gasteiger charge is 2.31. The number of halogens is 3. The lowest BCUT2D eigenvalue weighted by atomic mass is 9.86. The maximum Gasteiger partial charge on any atom is 0.356 e. The fraction of sp³-hybridized carbons (Fsp3) is 0.304. The van der Waals surface area contributed by atoms with Gasteiger partial charge in [-0.2, -0.15) is 0 Å². The predicted octanol–water partition coefficient (Wildman–Crippen LogP) is 6.54. The first kappa shape index (κ1) is 23.8. The van der Waals surface area contributed by atoms with Crippen LogP contribution in [0.2, 0.25) is 10.0 Å². The molecule has 0 radical (unpaired) electrons. The van der Waals surface area contributed by atoms with Crippen molar-refractivity contribution in [1.82, 2.24) is 9.55 Å². The summed E-state index contributed by atoms with van der Waals surface area (Å²) in [5, 5.41) is 11.2. The third kappa shape index (κ3) is 5.32. The van der Waals surface area contributed by atoms with Crippen LogP contribution >= 0.6 is 39.1 Å². The second kappa shape index (κ2) is 10.2. The van der Waals surface area contributed by atoms with Gasteiger partial charge in [0.2, 0.25) is 0 Å². The van der Waals surface area contributed by atoms with Crippen LogP contribution in [-0.2, 0) is 11.2 Å². The Morgan fingerprint density at radius 2 is 1.84 bits per heavy atom. The average Bonchev–Trinajstić information content (AvgIpc) is 3.07. The molecule has 2 atom stereocenters. The Morgan fingerprint density at radius 3 is 2.45 bits per heavy atom. The number of aromatic carboxylic acids is 1. The number of ether oxygens (including phenoxy) is 1. The van der Waals surface area contributed by atoms with E-state index in [2.05, 4.69) is 20.9 Å². The van der Waals surface area contributed by atoms with Crippen LogP contribution in [0.15, 0.2) is 47.2 Å². The van der Waals surface area contributed by atoms with Gasteiger partial charge in [0.15, 0.2) is 10.4 Å². The zero-order chi connectivity index (χ0) is 22.7. The Morgan fingerprint density at radius 1 is 1.19 bits per heavy atom.